The highest BCUT2D eigenvalue weighted by atomic mass is 19.4. The molecular formula is C14H9F6NO. The summed E-state index contributed by atoms with van der Waals surface area (Å²) in [5.74, 6) is 0. The van der Waals surface area contributed by atoms with Gasteiger partial charge in [0, 0.05) is 17.3 Å². The fourth-order valence-electron chi connectivity index (χ4n) is 1.98. The molecule has 1 aromatic heterocycles. The molecule has 2 aromatic rings. The summed E-state index contributed by atoms with van der Waals surface area (Å²) in [7, 11) is 0. The van der Waals surface area contributed by atoms with E-state index in [1.54, 1.807) is 0 Å². The molecule has 118 valence electrons. The van der Waals surface area contributed by atoms with Crippen molar-refractivity contribution in [2.24, 2.45) is 0 Å². The van der Waals surface area contributed by atoms with Crippen molar-refractivity contribution < 1.29 is 31.4 Å². The molecule has 0 unspecified atom stereocenters. The fourth-order valence-corrected chi connectivity index (χ4v) is 1.98. The summed E-state index contributed by atoms with van der Waals surface area (Å²) < 4.78 is 76.0. The van der Waals surface area contributed by atoms with E-state index in [9.17, 15) is 31.4 Å². The molecule has 0 aliphatic rings. The van der Waals surface area contributed by atoms with Crippen molar-refractivity contribution in [1.82, 2.24) is 4.98 Å². The Labute approximate surface area is 121 Å². The van der Waals surface area contributed by atoms with E-state index in [4.69, 9.17) is 0 Å². The van der Waals surface area contributed by atoms with Crippen LogP contribution in [0, 0.1) is 0 Å². The van der Waals surface area contributed by atoms with Gasteiger partial charge < -0.3 is 5.11 Å². The summed E-state index contributed by atoms with van der Waals surface area (Å²) in [5.41, 5.74) is -2.61. The molecule has 0 aliphatic carbocycles. The van der Waals surface area contributed by atoms with E-state index in [-0.39, 0.29) is 11.3 Å². The zero-order valence-electron chi connectivity index (χ0n) is 10.8. The number of nitrogens with zero attached hydrogens (tertiary/aromatic N) is 1. The van der Waals surface area contributed by atoms with E-state index < -0.39 is 35.6 Å². The van der Waals surface area contributed by atoms with Gasteiger partial charge in [0.1, 0.15) is 0 Å². The molecule has 1 N–H and O–H groups in total. The van der Waals surface area contributed by atoms with Gasteiger partial charge in [-0.3, -0.25) is 4.98 Å². The lowest BCUT2D eigenvalue weighted by atomic mass is 10.00. The van der Waals surface area contributed by atoms with E-state index in [0.717, 1.165) is 30.5 Å². The topological polar surface area (TPSA) is 33.1 Å². The van der Waals surface area contributed by atoms with Crippen LogP contribution in [0.25, 0.3) is 11.3 Å². The summed E-state index contributed by atoms with van der Waals surface area (Å²) in [6, 6.07) is 4.24. The van der Waals surface area contributed by atoms with E-state index >= 15 is 0 Å². The molecule has 0 aliphatic heterocycles. The summed E-state index contributed by atoms with van der Waals surface area (Å²) in [5, 5.41) is 9.19. The molecular weight excluding hydrogens is 312 g/mol. The van der Waals surface area contributed by atoms with E-state index in [1.807, 2.05) is 0 Å². The molecule has 0 saturated carbocycles. The Morgan fingerprint density at radius 1 is 0.864 bits per heavy atom. The minimum absolute atomic E-state index is 0.0585. The van der Waals surface area contributed by atoms with Crippen molar-refractivity contribution in [3.63, 3.8) is 0 Å². The predicted molar refractivity (Wildman–Crippen MR) is 65.6 cm³/mol. The molecule has 0 saturated heterocycles. The highest BCUT2D eigenvalue weighted by molar-refractivity contribution is 5.65. The molecule has 0 radical (unpaired) electrons. The number of halogens is 6. The number of benzene rings is 1. The van der Waals surface area contributed by atoms with Crippen LogP contribution in [-0.2, 0) is 19.0 Å². The van der Waals surface area contributed by atoms with Gasteiger partial charge in [-0.25, -0.2) is 0 Å². The molecule has 1 heterocycles. The van der Waals surface area contributed by atoms with Crippen molar-refractivity contribution in [3.8, 4) is 11.3 Å². The lowest BCUT2D eigenvalue weighted by Crippen LogP contribution is -2.11. The van der Waals surface area contributed by atoms with Crippen LogP contribution >= 0.6 is 0 Å². The third kappa shape index (κ3) is 3.22. The average Bonchev–Trinajstić information content (AvgIpc) is 2.44. The second-order valence-corrected chi connectivity index (χ2v) is 4.42. The van der Waals surface area contributed by atoms with Crippen molar-refractivity contribution in [2.75, 3.05) is 0 Å². The van der Waals surface area contributed by atoms with Gasteiger partial charge in [-0.2, -0.15) is 26.3 Å². The molecule has 2 rings (SSSR count). The maximum Gasteiger partial charge on any atom is 0.416 e. The largest absolute Gasteiger partial charge is 0.416 e. The number of aliphatic hydroxyl groups is 1. The van der Waals surface area contributed by atoms with E-state index in [1.165, 1.54) is 0 Å². The van der Waals surface area contributed by atoms with Crippen LogP contribution in [0.2, 0.25) is 0 Å². The monoisotopic (exact) mass is 321 g/mol. The standard InChI is InChI=1S/C14H9F6NO/c15-13(16,17)9-3-1-8(2-4-9)12-10(7-22)11(5-6-21-12)14(18,19)20/h1-6,22H,7H2. The first-order valence-corrected chi connectivity index (χ1v) is 5.98. The lowest BCUT2D eigenvalue weighted by molar-refractivity contribution is -0.139. The third-order valence-corrected chi connectivity index (χ3v) is 3.00. The first kappa shape index (κ1) is 16.3. The van der Waals surface area contributed by atoms with Crippen molar-refractivity contribution in [2.45, 2.75) is 19.0 Å². The van der Waals surface area contributed by atoms with E-state index in [0.29, 0.717) is 6.07 Å². The van der Waals surface area contributed by atoms with Crippen LogP contribution in [0.1, 0.15) is 16.7 Å². The molecule has 0 bridgehead atoms. The minimum Gasteiger partial charge on any atom is -0.392 e. The van der Waals surface area contributed by atoms with Crippen molar-refractivity contribution >= 4 is 0 Å². The summed E-state index contributed by atoms with van der Waals surface area (Å²) in [6.07, 6.45) is -8.34. The summed E-state index contributed by atoms with van der Waals surface area (Å²) >= 11 is 0. The lowest BCUT2D eigenvalue weighted by Gasteiger charge is -2.15. The van der Waals surface area contributed by atoms with Gasteiger partial charge >= 0.3 is 12.4 Å². The molecule has 0 spiro atoms. The Kier molecular flexibility index (Phi) is 4.15. The van der Waals surface area contributed by atoms with Gasteiger partial charge in [0.15, 0.2) is 0 Å². The Bertz CT molecular complexity index is 661. The number of alkyl halides is 6. The summed E-state index contributed by atoms with van der Waals surface area (Å²) in [6.45, 7) is -0.932. The quantitative estimate of drug-likeness (QED) is 0.838. The Balaban J connectivity index is 2.54. The van der Waals surface area contributed by atoms with Crippen LogP contribution in [0.5, 0.6) is 0 Å². The maximum absolute atomic E-state index is 12.9. The number of aliphatic hydroxyl groups excluding tert-OH is 1. The number of hydrogen-bond acceptors (Lipinski definition) is 2. The first-order chi connectivity index (χ1) is 10.1. The zero-order chi connectivity index (χ0) is 16.5. The minimum atomic E-state index is -4.69. The zero-order valence-corrected chi connectivity index (χ0v) is 10.8. The number of aromatic nitrogens is 1. The molecule has 0 atom stereocenters. The van der Waals surface area contributed by atoms with Crippen LogP contribution in [0.15, 0.2) is 36.5 Å². The Morgan fingerprint density at radius 2 is 1.45 bits per heavy atom. The molecule has 0 amide bonds. The Morgan fingerprint density at radius 3 is 1.91 bits per heavy atom. The number of pyridine rings is 1. The average molecular weight is 321 g/mol. The van der Waals surface area contributed by atoms with Crippen LogP contribution in [0.3, 0.4) is 0 Å². The summed E-state index contributed by atoms with van der Waals surface area (Å²) in [4.78, 5) is 3.74. The highest BCUT2D eigenvalue weighted by Gasteiger charge is 2.35. The molecule has 2 nitrogen and oxygen atoms in total. The second-order valence-electron chi connectivity index (χ2n) is 4.42. The Hall–Kier alpha value is -2.09. The number of hydrogen-bond donors (Lipinski definition) is 1. The molecule has 0 fully saturated rings. The van der Waals surface area contributed by atoms with Gasteiger partial charge in [-0.05, 0) is 18.2 Å². The highest BCUT2D eigenvalue weighted by Crippen LogP contribution is 2.36. The SMILES string of the molecule is OCc1c(C(F)(F)F)ccnc1-c1ccc(C(F)(F)F)cc1. The number of rotatable bonds is 2. The predicted octanol–water partition coefficient (Wildman–Crippen LogP) is 4.28. The van der Waals surface area contributed by atoms with Gasteiger partial charge in [-0.15, -0.1) is 0 Å². The molecule has 22 heavy (non-hydrogen) atoms. The van der Waals surface area contributed by atoms with Crippen molar-refractivity contribution in [3.05, 3.63) is 53.2 Å². The van der Waals surface area contributed by atoms with Crippen LogP contribution in [-0.4, -0.2) is 10.1 Å². The van der Waals surface area contributed by atoms with Gasteiger partial charge in [0.05, 0.1) is 23.4 Å². The second kappa shape index (κ2) is 5.60. The van der Waals surface area contributed by atoms with Crippen LogP contribution in [0.4, 0.5) is 26.3 Å². The maximum atomic E-state index is 12.9. The smallest absolute Gasteiger partial charge is 0.392 e. The van der Waals surface area contributed by atoms with Gasteiger partial charge in [0.25, 0.3) is 0 Å². The third-order valence-electron chi connectivity index (χ3n) is 3.00. The van der Waals surface area contributed by atoms with Gasteiger partial charge in [0.2, 0.25) is 0 Å². The first-order valence-electron chi connectivity index (χ1n) is 5.98. The normalized spacial score (nSPS) is 12.5. The fraction of sp³-hybridized carbons (Fsp3) is 0.214. The van der Waals surface area contributed by atoms with Crippen molar-refractivity contribution in [1.29, 1.82) is 0 Å². The van der Waals surface area contributed by atoms with Gasteiger partial charge in [-0.1, -0.05) is 12.1 Å². The molecule has 1 aromatic carbocycles. The van der Waals surface area contributed by atoms with E-state index in [2.05, 4.69) is 4.98 Å². The molecule has 8 heteroatoms. The van der Waals surface area contributed by atoms with Crippen LogP contribution < -0.4 is 0 Å².